The van der Waals surface area contributed by atoms with Gasteiger partial charge in [-0.05, 0) is 23.3 Å². The number of benzene rings is 2. The third-order valence-electron chi connectivity index (χ3n) is 2.93. The highest BCUT2D eigenvalue weighted by Gasteiger charge is 2.18. The molecule has 0 fully saturated rings. The average Bonchev–Trinajstić information content (AvgIpc) is 2.38. The lowest BCUT2D eigenvalue weighted by molar-refractivity contribution is -0.149. The molecule has 2 aromatic rings. The predicted molar refractivity (Wildman–Crippen MR) is 70.7 cm³/mol. The molecule has 1 N–H and O–H groups in total. The van der Waals surface area contributed by atoms with Crippen molar-refractivity contribution in [3.8, 4) is 0 Å². The summed E-state index contributed by atoms with van der Waals surface area (Å²) in [4.78, 5) is 11.1. The number of carbonyl (C=O) groups is 1. The van der Waals surface area contributed by atoms with Crippen LogP contribution < -0.4 is 0 Å². The fourth-order valence-electron chi connectivity index (χ4n) is 2.09. The van der Waals surface area contributed by atoms with Crippen LogP contribution in [0.1, 0.15) is 12.5 Å². The van der Waals surface area contributed by atoms with Crippen molar-refractivity contribution in [2.45, 2.75) is 19.4 Å². The molecule has 0 spiro atoms. The summed E-state index contributed by atoms with van der Waals surface area (Å²) in [6, 6.07) is 13.9. The molecule has 2 aromatic carbocycles. The first-order valence-electron chi connectivity index (χ1n) is 6.03. The van der Waals surface area contributed by atoms with Gasteiger partial charge < -0.3 is 9.84 Å². The molecule has 0 aromatic heterocycles. The van der Waals surface area contributed by atoms with Gasteiger partial charge >= 0.3 is 5.97 Å². The minimum atomic E-state index is -0.912. The van der Waals surface area contributed by atoms with Crippen LogP contribution in [0.3, 0.4) is 0 Å². The lowest BCUT2D eigenvalue weighted by atomic mass is 10.00. The van der Waals surface area contributed by atoms with Gasteiger partial charge in [0.1, 0.15) is 0 Å². The van der Waals surface area contributed by atoms with E-state index < -0.39 is 12.1 Å². The van der Waals surface area contributed by atoms with E-state index in [1.807, 2.05) is 42.5 Å². The van der Waals surface area contributed by atoms with Crippen molar-refractivity contribution < 1.29 is 14.6 Å². The van der Waals surface area contributed by atoms with Gasteiger partial charge in [-0.1, -0.05) is 42.5 Å². The summed E-state index contributed by atoms with van der Waals surface area (Å²) in [5, 5.41) is 11.3. The van der Waals surface area contributed by atoms with Gasteiger partial charge in [-0.15, -0.1) is 0 Å². The van der Waals surface area contributed by atoms with Crippen LogP contribution in [0, 0.1) is 0 Å². The molecular weight excluding hydrogens is 228 g/mol. The lowest BCUT2D eigenvalue weighted by Crippen LogP contribution is -2.26. The van der Waals surface area contributed by atoms with Gasteiger partial charge in [-0.25, -0.2) is 4.79 Å². The zero-order valence-corrected chi connectivity index (χ0v) is 10.3. The quantitative estimate of drug-likeness (QED) is 0.879. The maximum absolute atomic E-state index is 11.1. The Hall–Kier alpha value is -1.87. The van der Waals surface area contributed by atoms with Crippen LogP contribution in [0.15, 0.2) is 42.5 Å². The summed E-state index contributed by atoms with van der Waals surface area (Å²) in [5.41, 5.74) is 1.01. The maximum atomic E-state index is 11.1. The van der Waals surface area contributed by atoms with Gasteiger partial charge in [0, 0.05) is 13.0 Å². The van der Waals surface area contributed by atoms with Crippen molar-refractivity contribution in [2.24, 2.45) is 0 Å². The molecule has 3 heteroatoms. The number of ether oxygens (including phenoxy) is 1. The van der Waals surface area contributed by atoms with Crippen LogP contribution in [-0.2, 0) is 16.0 Å². The van der Waals surface area contributed by atoms with Crippen molar-refractivity contribution in [2.75, 3.05) is 6.61 Å². The van der Waals surface area contributed by atoms with Crippen LogP contribution in [0.2, 0.25) is 0 Å². The van der Waals surface area contributed by atoms with Gasteiger partial charge in [-0.3, -0.25) is 0 Å². The third kappa shape index (κ3) is 2.68. The first-order valence-corrected chi connectivity index (χ1v) is 6.03. The zero-order chi connectivity index (χ0) is 13.0. The molecule has 0 aliphatic carbocycles. The standard InChI is InChI=1S/C15H16O3/c1-2-18-14(15(16)17)10-12-8-5-7-11-6-3-4-9-13(11)12/h3-9,14H,2,10H2,1H3,(H,16,17)/t14-/m0/s1. The van der Waals surface area contributed by atoms with E-state index in [1.165, 1.54) is 0 Å². The normalized spacial score (nSPS) is 12.5. The zero-order valence-electron chi connectivity index (χ0n) is 10.3. The minimum absolute atomic E-state index is 0.393. The molecule has 0 saturated heterocycles. The highest BCUT2D eigenvalue weighted by atomic mass is 16.5. The van der Waals surface area contributed by atoms with E-state index in [2.05, 4.69) is 0 Å². The number of carboxylic acids is 1. The largest absolute Gasteiger partial charge is 0.479 e. The topological polar surface area (TPSA) is 46.5 Å². The number of carboxylic acid groups (broad SMARTS) is 1. The van der Waals surface area contributed by atoms with Gasteiger partial charge in [0.25, 0.3) is 0 Å². The van der Waals surface area contributed by atoms with Crippen molar-refractivity contribution in [1.82, 2.24) is 0 Å². The minimum Gasteiger partial charge on any atom is -0.479 e. The molecule has 0 saturated carbocycles. The van der Waals surface area contributed by atoms with Gasteiger partial charge in [0.15, 0.2) is 6.10 Å². The summed E-state index contributed by atoms with van der Waals surface area (Å²) >= 11 is 0. The lowest BCUT2D eigenvalue weighted by Gasteiger charge is -2.13. The van der Waals surface area contributed by atoms with Gasteiger partial charge in [0.2, 0.25) is 0 Å². The summed E-state index contributed by atoms with van der Waals surface area (Å²) in [5.74, 6) is -0.912. The van der Waals surface area contributed by atoms with E-state index in [4.69, 9.17) is 9.84 Å². The molecule has 0 aliphatic rings. The summed E-state index contributed by atoms with van der Waals surface area (Å²) in [6.07, 6.45) is -0.384. The van der Waals surface area contributed by atoms with Crippen LogP contribution in [0.5, 0.6) is 0 Å². The smallest absolute Gasteiger partial charge is 0.333 e. The summed E-state index contributed by atoms with van der Waals surface area (Å²) in [7, 11) is 0. The fourth-order valence-corrected chi connectivity index (χ4v) is 2.09. The molecular formula is C15H16O3. The SMILES string of the molecule is CCO[C@@H](Cc1cccc2ccccc12)C(=O)O. The number of rotatable bonds is 5. The number of hydrogen-bond acceptors (Lipinski definition) is 2. The van der Waals surface area contributed by atoms with Crippen molar-refractivity contribution in [1.29, 1.82) is 0 Å². The number of fused-ring (bicyclic) bond motifs is 1. The molecule has 18 heavy (non-hydrogen) atoms. The van der Waals surface area contributed by atoms with Crippen LogP contribution in [-0.4, -0.2) is 23.8 Å². The monoisotopic (exact) mass is 244 g/mol. The van der Waals surface area contributed by atoms with Gasteiger partial charge in [0.05, 0.1) is 0 Å². The van der Waals surface area contributed by atoms with Crippen LogP contribution >= 0.6 is 0 Å². The Labute approximate surface area is 106 Å². The molecule has 0 radical (unpaired) electrons. The first-order chi connectivity index (χ1) is 8.72. The Kier molecular flexibility index (Phi) is 3.95. The van der Waals surface area contributed by atoms with E-state index in [9.17, 15) is 4.79 Å². The molecule has 94 valence electrons. The fraction of sp³-hybridized carbons (Fsp3) is 0.267. The molecule has 3 nitrogen and oxygen atoms in total. The average molecular weight is 244 g/mol. The molecule has 1 atom stereocenters. The van der Waals surface area contributed by atoms with E-state index >= 15 is 0 Å². The van der Waals surface area contributed by atoms with Crippen molar-refractivity contribution in [3.63, 3.8) is 0 Å². The molecule has 0 amide bonds. The molecule has 0 aliphatic heterocycles. The summed E-state index contributed by atoms with van der Waals surface area (Å²) in [6.45, 7) is 2.21. The van der Waals surface area contributed by atoms with Crippen molar-refractivity contribution >= 4 is 16.7 Å². The molecule has 2 rings (SSSR count). The van der Waals surface area contributed by atoms with E-state index in [0.717, 1.165) is 16.3 Å². The first kappa shape index (κ1) is 12.6. The van der Waals surface area contributed by atoms with Gasteiger partial charge in [-0.2, -0.15) is 0 Å². The third-order valence-corrected chi connectivity index (χ3v) is 2.93. The Balaban J connectivity index is 2.33. The van der Waals surface area contributed by atoms with E-state index in [1.54, 1.807) is 6.92 Å². The Morgan fingerprint density at radius 3 is 2.67 bits per heavy atom. The Bertz CT molecular complexity index is 543. The second-order valence-electron chi connectivity index (χ2n) is 4.12. The Morgan fingerprint density at radius 2 is 1.94 bits per heavy atom. The number of aliphatic carboxylic acids is 1. The predicted octanol–water partition coefficient (Wildman–Crippen LogP) is 2.87. The van der Waals surface area contributed by atoms with E-state index in [-0.39, 0.29) is 0 Å². The van der Waals surface area contributed by atoms with Crippen LogP contribution in [0.4, 0.5) is 0 Å². The van der Waals surface area contributed by atoms with E-state index in [0.29, 0.717) is 13.0 Å². The second kappa shape index (κ2) is 5.65. The molecule has 0 heterocycles. The molecule has 0 unspecified atom stereocenters. The highest BCUT2D eigenvalue weighted by molar-refractivity contribution is 5.86. The highest BCUT2D eigenvalue weighted by Crippen LogP contribution is 2.20. The van der Waals surface area contributed by atoms with Crippen molar-refractivity contribution in [3.05, 3.63) is 48.0 Å². The maximum Gasteiger partial charge on any atom is 0.333 e. The Morgan fingerprint density at radius 1 is 1.22 bits per heavy atom. The molecule has 0 bridgehead atoms. The van der Waals surface area contributed by atoms with Crippen LogP contribution in [0.25, 0.3) is 10.8 Å². The second-order valence-corrected chi connectivity index (χ2v) is 4.12. The summed E-state index contributed by atoms with van der Waals surface area (Å²) < 4.78 is 5.26. The number of hydrogen-bond donors (Lipinski definition) is 1.